The van der Waals surface area contributed by atoms with Gasteiger partial charge in [-0.15, -0.1) is 0 Å². The van der Waals surface area contributed by atoms with Crippen LogP contribution in [0.25, 0.3) is 0 Å². The highest BCUT2D eigenvalue weighted by molar-refractivity contribution is 7.98. The molecule has 0 unspecified atom stereocenters. The lowest BCUT2D eigenvalue weighted by Gasteiger charge is -2.05. The van der Waals surface area contributed by atoms with Gasteiger partial charge in [-0.2, -0.15) is 5.10 Å². The van der Waals surface area contributed by atoms with Crippen LogP contribution in [0, 0.1) is 13.8 Å². The number of halogens is 1. The van der Waals surface area contributed by atoms with Crippen molar-refractivity contribution < 1.29 is 4.79 Å². The van der Waals surface area contributed by atoms with E-state index in [9.17, 15) is 4.79 Å². The number of hydrogen-bond donors (Lipinski definition) is 1. The Balaban J connectivity index is 1.56. The van der Waals surface area contributed by atoms with Gasteiger partial charge < -0.3 is 0 Å². The Morgan fingerprint density at radius 2 is 1.79 bits per heavy atom. The van der Waals surface area contributed by atoms with Crippen molar-refractivity contribution in [3.63, 3.8) is 0 Å². The molecule has 0 saturated heterocycles. The van der Waals surface area contributed by atoms with Crippen LogP contribution in [0.15, 0.2) is 64.9 Å². The van der Waals surface area contributed by atoms with E-state index in [1.165, 1.54) is 6.21 Å². The number of nitrogens with zero attached hydrogens (tertiary/aromatic N) is 3. The number of thioether (sulfide) groups is 1. The summed E-state index contributed by atoms with van der Waals surface area (Å²) >= 11 is 7.62. The molecule has 7 heteroatoms. The molecule has 1 aromatic heterocycles. The lowest BCUT2D eigenvalue weighted by Crippen LogP contribution is -2.17. The summed E-state index contributed by atoms with van der Waals surface area (Å²) in [7, 11) is 0. The average molecular weight is 411 g/mol. The van der Waals surface area contributed by atoms with Crippen LogP contribution in [0.4, 0.5) is 0 Å². The predicted molar refractivity (Wildman–Crippen MR) is 114 cm³/mol. The molecule has 0 aliphatic carbocycles. The minimum Gasteiger partial charge on any atom is -0.267 e. The number of aromatic nitrogens is 2. The standard InChI is InChI=1S/C21H19ClN4OS/c1-14-11-15(2)25-21(24-14)28-13-16-7-9-17(10-8-16)20(27)26-23-12-18-5-3-4-6-19(18)22/h3-12H,13H2,1-2H3,(H,26,27)/b23-12-. The normalized spacial score (nSPS) is 11.0. The molecule has 1 N–H and O–H groups in total. The molecule has 2 aromatic carbocycles. The predicted octanol–water partition coefficient (Wildman–Crippen LogP) is 4.80. The van der Waals surface area contributed by atoms with Gasteiger partial charge in [0.15, 0.2) is 5.16 Å². The van der Waals surface area contributed by atoms with Crippen molar-refractivity contribution in [2.24, 2.45) is 5.10 Å². The molecule has 1 heterocycles. The van der Waals surface area contributed by atoms with Crippen molar-refractivity contribution in [2.45, 2.75) is 24.8 Å². The van der Waals surface area contributed by atoms with Crippen LogP contribution >= 0.6 is 23.4 Å². The van der Waals surface area contributed by atoms with Gasteiger partial charge in [-0.05, 0) is 43.7 Å². The Morgan fingerprint density at radius 1 is 1.11 bits per heavy atom. The number of carbonyl (C=O) groups is 1. The van der Waals surface area contributed by atoms with E-state index in [4.69, 9.17) is 11.6 Å². The van der Waals surface area contributed by atoms with Gasteiger partial charge in [-0.25, -0.2) is 15.4 Å². The lowest BCUT2D eigenvalue weighted by molar-refractivity contribution is 0.0955. The molecule has 1 amide bonds. The smallest absolute Gasteiger partial charge is 0.267 e. The molecule has 0 aliphatic heterocycles. The number of hydrogen-bond acceptors (Lipinski definition) is 5. The quantitative estimate of drug-likeness (QED) is 0.274. The summed E-state index contributed by atoms with van der Waals surface area (Å²) in [5.74, 6) is 0.454. The molecule has 3 aromatic rings. The number of benzene rings is 2. The molecule has 28 heavy (non-hydrogen) atoms. The Kier molecular flexibility index (Phi) is 6.79. The maximum atomic E-state index is 12.2. The van der Waals surface area contributed by atoms with E-state index in [1.807, 2.05) is 50.2 Å². The Morgan fingerprint density at radius 3 is 2.46 bits per heavy atom. The molecule has 0 bridgehead atoms. The van der Waals surface area contributed by atoms with Gasteiger partial charge in [0, 0.05) is 33.3 Å². The number of aryl methyl sites for hydroxylation is 2. The second-order valence-corrected chi connectivity index (χ2v) is 7.49. The minimum absolute atomic E-state index is 0.278. The van der Waals surface area contributed by atoms with Crippen molar-refractivity contribution in [3.8, 4) is 0 Å². The lowest BCUT2D eigenvalue weighted by atomic mass is 10.1. The zero-order valence-electron chi connectivity index (χ0n) is 15.5. The first-order valence-electron chi connectivity index (χ1n) is 8.63. The van der Waals surface area contributed by atoms with Crippen LogP contribution in [-0.2, 0) is 5.75 Å². The number of hydrazone groups is 1. The first kappa shape index (κ1) is 20.0. The van der Waals surface area contributed by atoms with Gasteiger partial charge in [0.25, 0.3) is 5.91 Å². The second-order valence-electron chi connectivity index (χ2n) is 6.14. The van der Waals surface area contributed by atoms with Crippen LogP contribution in [0.1, 0.15) is 32.9 Å². The minimum atomic E-state index is -0.278. The van der Waals surface area contributed by atoms with E-state index in [1.54, 1.807) is 30.0 Å². The summed E-state index contributed by atoms with van der Waals surface area (Å²) in [6, 6.07) is 16.6. The molecule has 3 rings (SSSR count). The fraction of sp³-hybridized carbons (Fsp3) is 0.143. The van der Waals surface area contributed by atoms with E-state index in [2.05, 4.69) is 20.5 Å². The van der Waals surface area contributed by atoms with Gasteiger partial charge in [0.1, 0.15) is 0 Å². The van der Waals surface area contributed by atoms with Crippen LogP contribution in [-0.4, -0.2) is 22.1 Å². The van der Waals surface area contributed by atoms with E-state index in [-0.39, 0.29) is 5.91 Å². The highest BCUT2D eigenvalue weighted by atomic mass is 35.5. The molecule has 0 aliphatic rings. The third-order valence-electron chi connectivity index (χ3n) is 3.82. The van der Waals surface area contributed by atoms with Crippen molar-refractivity contribution >= 4 is 35.5 Å². The molecule has 0 radical (unpaired) electrons. The first-order chi connectivity index (χ1) is 13.5. The summed E-state index contributed by atoms with van der Waals surface area (Å²) in [5, 5.41) is 5.30. The maximum absolute atomic E-state index is 12.2. The van der Waals surface area contributed by atoms with Crippen molar-refractivity contribution in [3.05, 3.63) is 87.7 Å². The topological polar surface area (TPSA) is 67.2 Å². The number of carbonyl (C=O) groups excluding carboxylic acids is 1. The third-order valence-corrected chi connectivity index (χ3v) is 5.08. The molecule has 142 valence electrons. The highest BCUT2D eigenvalue weighted by Crippen LogP contribution is 2.20. The number of amides is 1. The zero-order valence-corrected chi connectivity index (χ0v) is 17.1. The Bertz CT molecular complexity index is 985. The van der Waals surface area contributed by atoms with Crippen LogP contribution in [0.5, 0.6) is 0 Å². The molecule has 0 fully saturated rings. The summed E-state index contributed by atoms with van der Waals surface area (Å²) < 4.78 is 0. The monoisotopic (exact) mass is 410 g/mol. The number of nitrogens with one attached hydrogen (secondary N) is 1. The maximum Gasteiger partial charge on any atom is 0.271 e. The van der Waals surface area contributed by atoms with E-state index in [0.717, 1.165) is 33.4 Å². The molecule has 0 atom stereocenters. The Labute approximate surface area is 173 Å². The number of rotatable bonds is 6. The molecular weight excluding hydrogens is 392 g/mol. The van der Waals surface area contributed by atoms with Gasteiger partial charge in [-0.1, -0.05) is 53.7 Å². The van der Waals surface area contributed by atoms with Crippen LogP contribution in [0.3, 0.4) is 0 Å². The summed E-state index contributed by atoms with van der Waals surface area (Å²) in [5.41, 5.74) is 6.79. The molecule has 0 spiro atoms. The fourth-order valence-corrected chi connectivity index (χ4v) is 3.55. The summed E-state index contributed by atoms with van der Waals surface area (Å²) in [6.07, 6.45) is 1.52. The van der Waals surface area contributed by atoms with Crippen LogP contribution < -0.4 is 5.43 Å². The fourth-order valence-electron chi connectivity index (χ4n) is 2.46. The molecular formula is C21H19ClN4OS. The van der Waals surface area contributed by atoms with Gasteiger partial charge >= 0.3 is 0 Å². The largest absolute Gasteiger partial charge is 0.271 e. The van der Waals surface area contributed by atoms with Gasteiger partial charge in [-0.3, -0.25) is 4.79 Å². The first-order valence-corrected chi connectivity index (χ1v) is 9.99. The van der Waals surface area contributed by atoms with Crippen molar-refractivity contribution in [1.82, 2.24) is 15.4 Å². The van der Waals surface area contributed by atoms with E-state index in [0.29, 0.717) is 10.6 Å². The van der Waals surface area contributed by atoms with E-state index >= 15 is 0 Å². The highest BCUT2D eigenvalue weighted by Gasteiger charge is 2.06. The second kappa shape index (κ2) is 9.48. The van der Waals surface area contributed by atoms with Gasteiger partial charge in [0.2, 0.25) is 0 Å². The molecule has 0 saturated carbocycles. The third kappa shape index (κ3) is 5.65. The average Bonchev–Trinajstić information content (AvgIpc) is 2.67. The van der Waals surface area contributed by atoms with Crippen LogP contribution in [0.2, 0.25) is 5.02 Å². The summed E-state index contributed by atoms with van der Waals surface area (Å²) in [4.78, 5) is 21.0. The van der Waals surface area contributed by atoms with Crippen molar-refractivity contribution in [1.29, 1.82) is 0 Å². The van der Waals surface area contributed by atoms with Gasteiger partial charge in [0.05, 0.1) is 6.21 Å². The SMILES string of the molecule is Cc1cc(C)nc(SCc2ccc(C(=O)N/N=C\c3ccccc3Cl)cc2)n1. The van der Waals surface area contributed by atoms with Crippen molar-refractivity contribution in [2.75, 3.05) is 0 Å². The summed E-state index contributed by atoms with van der Waals surface area (Å²) in [6.45, 7) is 3.92. The molecule has 5 nitrogen and oxygen atoms in total. The van der Waals surface area contributed by atoms with E-state index < -0.39 is 0 Å². The Hall–Kier alpha value is -2.70. The zero-order chi connectivity index (χ0) is 19.9.